The van der Waals surface area contributed by atoms with E-state index < -0.39 is 6.23 Å². The second-order valence-electron chi connectivity index (χ2n) is 5.92. The summed E-state index contributed by atoms with van der Waals surface area (Å²) in [6.07, 6.45) is 1.02. The first kappa shape index (κ1) is 17.8. The number of anilines is 1. The Labute approximate surface area is 164 Å². The van der Waals surface area contributed by atoms with Gasteiger partial charge < -0.3 is 9.15 Å². The van der Waals surface area contributed by atoms with Crippen molar-refractivity contribution in [1.82, 2.24) is 15.2 Å². The van der Waals surface area contributed by atoms with Crippen molar-refractivity contribution in [3.8, 4) is 17.1 Å². The van der Waals surface area contributed by atoms with Crippen LogP contribution in [0.2, 0.25) is 5.02 Å². The molecular weight excluding hydrogens is 388 g/mol. The summed E-state index contributed by atoms with van der Waals surface area (Å²) in [4.78, 5) is 18.5. The monoisotopic (exact) mass is 402 g/mol. The number of aromatic nitrogens is 3. The summed E-state index contributed by atoms with van der Waals surface area (Å²) in [5.41, 5.74) is 1.63. The normalized spacial score (nSPS) is 15.6. The number of ether oxygens (including phenoxy) is 1. The predicted molar refractivity (Wildman–Crippen MR) is 102 cm³/mol. The summed E-state index contributed by atoms with van der Waals surface area (Å²) in [6, 6.07) is 8.78. The van der Waals surface area contributed by atoms with Gasteiger partial charge in [0.05, 0.1) is 5.69 Å². The van der Waals surface area contributed by atoms with Crippen LogP contribution in [0.25, 0.3) is 11.3 Å². The van der Waals surface area contributed by atoms with E-state index in [0.29, 0.717) is 38.6 Å². The molecule has 9 heteroatoms. The van der Waals surface area contributed by atoms with Gasteiger partial charge in [-0.05, 0) is 43.5 Å². The smallest absolute Gasteiger partial charge is 0.247 e. The van der Waals surface area contributed by atoms with E-state index in [4.69, 9.17) is 20.8 Å². The Morgan fingerprint density at radius 2 is 2.07 bits per heavy atom. The first-order valence-corrected chi connectivity index (χ1v) is 9.69. The Balaban J connectivity index is 2.00. The fraction of sp³-hybridized carbons (Fsp3) is 0.222. The fourth-order valence-corrected chi connectivity index (χ4v) is 3.40. The largest absolute Gasteiger partial charge is 0.460 e. The van der Waals surface area contributed by atoms with Crippen LogP contribution in [-0.4, -0.2) is 27.3 Å². The highest BCUT2D eigenvalue weighted by Gasteiger charge is 2.36. The molecule has 0 radical (unpaired) electrons. The molecule has 138 valence electrons. The summed E-state index contributed by atoms with van der Waals surface area (Å²) in [5, 5.41) is 9.35. The van der Waals surface area contributed by atoms with E-state index in [2.05, 4.69) is 15.2 Å². The topological polar surface area (TPSA) is 81.3 Å². The molecule has 0 aliphatic carbocycles. The molecular formula is C18H15ClN4O3S. The molecule has 1 aliphatic heterocycles. The van der Waals surface area contributed by atoms with Gasteiger partial charge >= 0.3 is 0 Å². The molecule has 0 spiro atoms. The number of amides is 1. The summed E-state index contributed by atoms with van der Waals surface area (Å²) in [7, 11) is 0. The zero-order valence-corrected chi connectivity index (χ0v) is 16.3. The van der Waals surface area contributed by atoms with Crippen LogP contribution >= 0.6 is 23.4 Å². The molecule has 2 aromatic heterocycles. The van der Waals surface area contributed by atoms with Crippen molar-refractivity contribution >= 4 is 35.0 Å². The van der Waals surface area contributed by atoms with Gasteiger partial charge in [0, 0.05) is 17.5 Å². The molecule has 1 atom stereocenters. The van der Waals surface area contributed by atoms with Crippen molar-refractivity contribution in [3.05, 3.63) is 46.9 Å². The fourth-order valence-electron chi connectivity index (χ4n) is 2.93. The number of hydrogen-bond donors (Lipinski definition) is 0. The van der Waals surface area contributed by atoms with Crippen LogP contribution in [0.15, 0.2) is 39.9 Å². The van der Waals surface area contributed by atoms with E-state index in [0.717, 1.165) is 0 Å². The standard InChI is InChI=1S/C18H15ClN4O3S/c1-9-4-7-14(25-9)17-23(10(2)24)13-6-5-11(19)8-12(13)15-16(26-17)20-18(27-3)22-21-15/h4-8,17H,1-3H3/t17-/m1/s1. The van der Waals surface area contributed by atoms with Crippen LogP contribution in [0, 0.1) is 6.92 Å². The first-order chi connectivity index (χ1) is 13.0. The molecule has 0 bridgehead atoms. The third-order valence-corrected chi connectivity index (χ3v) is 4.87. The SMILES string of the molecule is CSc1nnc2c(n1)O[C@H](c1ccc(C)o1)N(C(C)=O)c1ccc(Cl)cc1-2. The number of furan rings is 1. The third-order valence-electron chi connectivity index (χ3n) is 4.09. The number of carbonyl (C=O) groups excluding carboxylic acids is 1. The van der Waals surface area contributed by atoms with Crippen LogP contribution in [-0.2, 0) is 4.79 Å². The van der Waals surface area contributed by atoms with Crippen LogP contribution in [0.1, 0.15) is 24.7 Å². The molecule has 4 rings (SSSR count). The maximum atomic E-state index is 12.6. The minimum atomic E-state index is -0.830. The number of fused-ring (bicyclic) bond motifs is 3. The number of carbonyl (C=O) groups is 1. The Bertz CT molecular complexity index is 1040. The Morgan fingerprint density at radius 3 is 2.74 bits per heavy atom. The van der Waals surface area contributed by atoms with Crippen molar-refractivity contribution < 1.29 is 13.9 Å². The molecule has 7 nitrogen and oxygen atoms in total. The van der Waals surface area contributed by atoms with Crippen LogP contribution < -0.4 is 9.64 Å². The van der Waals surface area contributed by atoms with Gasteiger partial charge in [-0.2, -0.15) is 4.98 Å². The van der Waals surface area contributed by atoms with Gasteiger partial charge in [-0.1, -0.05) is 23.4 Å². The molecule has 0 N–H and O–H groups in total. The van der Waals surface area contributed by atoms with Crippen molar-refractivity contribution in [2.45, 2.75) is 25.2 Å². The van der Waals surface area contributed by atoms with Crippen LogP contribution in [0.5, 0.6) is 5.88 Å². The second kappa shape index (κ2) is 6.86. The van der Waals surface area contributed by atoms with Gasteiger partial charge in [-0.15, -0.1) is 10.2 Å². The highest BCUT2D eigenvalue weighted by molar-refractivity contribution is 7.98. The van der Waals surface area contributed by atoms with Gasteiger partial charge in [0.15, 0.2) is 11.5 Å². The average molecular weight is 403 g/mol. The van der Waals surface area contributed by atoms with Gasteiger partial charge in [-0.3, -0.25) is 9.69 Å². The summed E-state index contributed by atoms with van der Waals surface area (Å²) >= 11 is 7.55. The summed E-state index contributed by atoms with van der Waals surface area (Å²) < 4.78 is 11.9. The molecule has 1 aliphatic rings. The average Bonchev–Trinajstić information content (AvgIpc) is 3.02. The first-order valence-electron chi connectivity index (χ1n) is 8.09. The Hall–Kier alpha value is -2.58. The van der Waals surface area contributed by atoms with E-state index in [-0.39, 0.29) is 11.8 Å². The molecule has 1 aromatic carbocycles. The lowest BCUT2D eigenvalue weighted by atomic mass is 10.1. The lowest BCUT2D eigenvalue weighted by molar-refractivity contribution is -0.118. The van der Waals surface area contributed by atoms with E-state index in [1.54, 1.807) is 24.3 Å². The molecule has 3 aromatic rings. The third kappa shape index (κ3) is 3.15. The number of benzene rings is 1. The van der Waals surface area contributed by atoms with Crippen molar-refractivity contribution in [3.63, 3.8) is 0 Å². The lowest BCUT2D eigenvalue weighted by Gasteiger charge is -2.28. The number of hydrogen-bond acceptors (Lipinski definition) is 7. The minimum Gasteiger partial charge on any atom is -0.460 e. The molecule has 0 fully saturated rings. The Morgan fingerprint density at radius 1 is 1.26 bits per heavy atom. The minimum absolute atomic E-state index is 0.219. The van der Waals surface area contributed by atoms with E-state index in [9.17, 15) is 4.79 Å². The molecule has 0 saturated heterocycles. The van der Waals surface area contributed by atoms with E-state index in [1.165, 1.54) is 23.6 Å². The number of rotatable bonds is 2. The molecule has 0 unspecified atom stereocenters. The summed E-state index contributed by atoms with van der Waals surface area (Å²) in [6.45, 7) is 3.29. The van der Waals surface area contributed by atoms with Gasteiger partial charge in [-0.25, -0.2) is 0 Å². The summed E-state index contributed by atoms with van der Waals surface area (Å²) in [5.74, 6) is 1.24. The maximum absolute atomic E-state index is 12.6. The van der Waals surface area contributed by atoms with Crippen molar-refractivity contribution in [2.75, 3.05) is 11.2 Å². The lowest BCUT2D eigenvalue weighted by Crippen LogP contribution is -2.35. The zero-order valence-electron chi connectivity index (χ0n) is 14.8. The Kier molecular flexibility index (Phi) is 4.53. The van der Waals surface area contributed by atoms with Gasteiger partial charge in [0.1, 0.15) is 5.76 Å². The quantitative estimate of drug-likeness (QED) is 0.592. The van der Waals surface area contributed by atoms with Crippen molar-refractivity contribution in [1.29, 1.82) is 0 Å². The number of halogens is 1. The molecule has 3 heterocycles. The van der Waals surface area contributed by atoms with Crippen molar-refractivity contribution in [2.24, 2.45) is 0 Å². The highest BCUT2D eigenvalue weighted by Crippen LogP contribution is 2.44. The molecule has 1 amide bonds. The van der Waals surface area contributed by atoms with E-state index in [1.807, 2.05) is 19.2 Å². The van der Waals surface area contributed by atoms with Crippen LogP contribution in [0.3, 0.4) is 0 Å². The predicted octanol–water partition coefficient (Wildman–Crippen LogP) is 4.26. The molecule has 27 heavy (non-hydrogen) atoms. The van der Waals surface area contributed by atoms with Gasteiger partial charge in [0.2, 0.25) is 23.2 Å². The number of nitrogens with zero attached hydrogens (tertiary/aromatic N) is 4. The number of thioether (sulfide) groups is 1. The molecule has 0 saturated carbocycles. The second-order valence-corrected chi connectivity index (χ2v) is 7.13. The van der Waals surface area contributed by atoms with Gasteiger partial charge in [0.25, 0.3) is 0 Å². The van der Waals surface area contributed by atoms with Crippen LogP contribution in [0.4, 0.5) is 5.69 Å². The number of aryl methyl sites for hydroxylation is 1. The highest BCUT2D eigenvalue weighted by atomic mass is 35.5. The zero-order chi connectivity index (χ0) is 19.1. The maximum Gasteiger partial charge on any atom is 0.247 e. The van der Waals surface area contributed by atoms with E-state index >= 15 is 0 Å².